The van der Waals surface area contributed by atoms with Crippen LogP contribution in [0.4, 0.5) is 5.69 Å². The number of nitrogens with zero attached hydrogens (tertiary/aromatic N) is 4. The predicted octanol–water partition coefficient (Wildman–Crippen LogP) is 2.66. The number of aromatic nitrogens is 4. The molecule has 6 heteroatoms. The lowest BCUT2D eigenvalue weighted by Crippen LogP contribution is -2.16. The van der Waals surface area contributed by atoms with Gasteiger partial charge in [-0.2, -0.15) is 9.61 Å². The van der Waals surface area contributed by atoms with Crippen molar-refractivity contribution in [3.8, 4) is 0 Å². The first-order valence-electron chi connectivity index (χ1n) is 6.50. The van der Waals surface area contributed by atoms with Gasteiger partial charge in [0.05, 0.1) is 0 Å². The van der Waals surface area contributed by atoms with Gasteiger partial charge >= 0.3 is 0 Å². The Labute approximate surface area is 121 Å². The van der Waals surface area contributed by atoms with Gasteiger partial charge < -0.3 is 5.73 Å². The minimum atomic E-state index is -0.0729. The number of para-hydroxylation sites is 1. The third kappa shape index (κ3) is 2.27. The number of benzene rings is 1. The monoisotopic (exact) mass is 287 g/mol. The molecule has 5 nitrogen and oxygen atoms in total. The molecular formula is C14H17N5S. The lowest BCUT2D eigenvalue weighted by molar-refractivity contribution is 0.527. The normalized spacial score (nSPS) is 12.2. The van der Waals surface area contributed by atoms with Gasteiger partial charge in [0.25, 0.3) is 0 Å². The summed E-state index contributed by atoms with van der Waals surface area (Å²) in [6.07, 6.45) is 0.726. The molecule has 0 aliphatic carbocycles. The van der Waals surface area contributed by atoms with E-state index in [1.807, 2.05) is 28.8 Å². The molecule has 0 amide bonds. The van der Waals surface area contributed by atoms with Crippen LogP contribution in [0, 0.1) is 0 Å². The third-order valence-electron chi connectivity index (χ3n) is 3.10. The summed E-state index contributed by atoms with van der Waals surface area (Å²) >= 11 is 1.56. The van der Waals surface area contributed by atoms with Crippen LogP contribution in [0.3, 0.4) is 0 Å². The molecular weight excluding hydrogens is 270 g/mol. The zero-order valence-corrected chi connectivity index (χ0v) is 12.6. The Morgan fingerprint density at radius 3 is 2.65 bits per heavy atom. The average molecular weight is 287 g/mol. The summed E-state index contributed by atoms with van der Waals surface area (Å²) in [5.41, 5.74) is 7.80. The van der Waals surface area contributed by atoms with Crippen LogP contribution in [-0.4, -0.2) is 19.8 Å². The Kier molecular flexibility index (Phi) is 2.97. The molecule has 104 valence electrons. The van der Waals surface area contributed by atoms with Crippen molar-refractivity contribution in [3.63, 3.8) is 0 Å². The molecule has 2 heterocycles. The molecule has 20 heavy (non-hydrogen) atoms. The summed E-state index contributed by atoms with van der Waals surface area (Å²) < 4.78 is 1.85. The largest absolute Gasteiger partial charge is 0.398 e. The number of anilines is 1. The SMILES string of the molecule is CC(C)(C)c1nnc2sc(Cc3ccccc3N)nn12. The van der Waals surface area contributed by atoms with Crippen LogP contribution in [0.5, 0.6) is 0 Å². The maximum Gasteiger partial charge on any atom is 0.234 e. The minimum Gasteiger partial charge on any atom is -0.398 e. The molecule has 2 aromatic heterocycles. The Balaban J connectivity index is 1.98. The summed E-state index contributed by atoms with van der Waals surface area (Å²) in [4.78, 5) is 0.833. The molecule has 0 atom stereocenters. The maximum atomic E-state index is 5.98. The van der Waals surface area contributed by atoms with Crippen LogP contribution in [0.25, 0.3) is 4.96 Å². The van der Waals surface area contributed by atoms with Crippen LogP contribution in [0.2, 0.25) is 0 Å². The van der Waals surface area contributed by atoms with Crippen molar-refractivity contribution in [2.45, 2.75) is 32.6 Å². The molecule has 0 saturated carbocycles. The summed E-state index contributed by atoms with van der Waals surface area (Å²) in [5, 5.41) is 14.1. The molecule has 3 aromatic rings. The Bertz CT molecular complexity index is 750. The molecule has 0 aliphatic rings. The van der Waals surface area contributed by atoms with Gasteiger partial charge in [-0.15, -0.1) is 10.2 Å². The van der Waals surface area contributed by atoms with E-state index >= 15 is 0 Å². The maximum absolute atomic E-state index is 5.98. The van der Waals surface area contributed by atoms with E-state index in [1.54, 1.807) is 11.3 Å². The lowest BCUT2D eigenvalue weighted by Gasteiger charge is -2.13. The molecule has 0 fully saturated rings. The summed E-state index contributed by atoms with van der Waals surface area (Å²) in [6.45, 7) is 6.33. The van der Waals surface area contributed by atoms with Gasteiger partial charge in [0, 0.05) is 17.5 Å². The van der Waals surface area contributed by atoms with E-state index in [1.165, 1.54) is 0 Å². The molecule has 0 radical (unpaired) electrons. The third-order valence-corrected chi connectivity index (χ3v) is 4.00. The van der Waals surface area contributed by atoms with Crippen molar-refractivity contribution in [1.29, 1.82) is 0 Å². The first-order valence-corrected chi connectivity index (χ1v) is 7.32. The smallest absolute Gasteiger partial charge is 0.234 e. The highest BCUT2D eigenvalue weighted by Crippen LogP contribution is 2.25. The van der Waals surface area contributed by atoms with Gasteiger partial charge in [0.1, 0.15) is 5.01 Å². The van der Waals surface area contributed by atoms with Gasteiger partial charge in [0.15, 0.2) is 5.82 Å². The highest BCUT2D eigenvalue weighted by atomic mass is 32.1. The van der Waals surface area contributed by atoms with Gasteiger partial charge in [0.2, 0.25) is 4.96 Å². The topological polar surface area (TPSA) is 69.1 Å². The fourth-order valence-corrected chi connectivity index (χ4v) is 2.91. The van der Waals surface area contributed by atoms with E-state index < -0.39 is 0 Å². The standard InChI is InChI=1S/C14H17N5S/c1-14(2,3)12-16-17-13-19(12)18-11(20-13)8-9-6-4-5-7-10(9)15/h4-7H,8,15H2,1-3H3. The number of rotatable bonds is 2. The zero-order chi connectivity index (χ0) is 14.3. The van der Waals surface area contributed by atoms with Crippen molar-refractivity contribution in [1.82, 2.24) is 19.8 Å². The van der Waals surface area contributed by atoms with Gasteiger partial charge in [-0.05, 0) is 11.6 Å². The van der Waals surface area contributed by atoms with Gasteiger partial charge in [-0.1, -0.05) is 50.3 Å². The van der Waals surface area contributed by atoms with Crippen molar-refractivity contribution < 1.29 is 0 Å². The number of nitrogen functional groups attached to an aromatic ring is 1. The molecule has 0 unspecified atom stereocenters. The van der Waals surface area contributed by atoms with E-state index in [9.17, 15) is 0 Å². The van der Waals surface area contributed by atoms with Crippen molar-refractivity contribution in [3.05, 3.63) is 40.7 Å². The molecule has 0 saturated heterocycles. The van der Waals surface area contributed by atoms with Crippen LogP contribution < -0.4 is 5.73 Å². The van der Waals surface area contributed by atoms with Crippen molar-refractivity contribution in [2.75, 3.05) is 5.73 Å². The van der Waals surface area contributed by atoms with E-state index in [4.69, 9.17) is 5.73 Å². The minimum absolute atomic E-state index is 0.0729. The lowest BCUT2D eigenvalue weighted by atomic mass is 9.96. The van der Waals surface area contributed by atoms with Crippen LogP contribution in [-0.2, 0) is 11.8 Å². The number of hydrogen-bond acceptors (Lipinski definition) is 5. The molecule has 2 N–H and O–H groups in total. The van der Waals surface area contributed by atoms with Crippen molar-refractivity contribution in [2.24, 2.45) is 0 Å². The van der Waals surface area contributed by atoms with Crippen LogP contribution in [0.15, 0.2) is 24.3 Å². The number of nitrogens with two attached hydrogens (primary N) is 1. The van der Waals surface area contributed by atoms with Crippen molar-refractivity contribution >= 4 is 22.0 Å². The number of fused-ring (bicyclic) bond motifs is 1. The predicted molar refractivity (Wildman–Crippen MR) is 81.0 cm³/mol. The second-order valence-electron chi connectivity index (χ2n) is 5.84. The summed E-state index contributed by atoms with van der Waals surface area (Å²) in [5.74, 6) is 0.885. The van der Waals surface area contributed by atoms with E-state index in [-0.39, 0.29) is 5.41 Å². The Morgan fingerprint density at radius 2 is 1.95 bits per heavy atom. The molecule has 3 rings (SSSR count). The Morgan fingerprint density at radius 1 is 1.20 bits per heavy atom. The second kappa shape index (κ2) is 4.56. The average Bonchev–Trinajstić information content (AvgIpc) is 2.90. The number of hydrogen-bond donors (Lipinski definition) is 1. The first kappa shape index (κ1) is 13.1. The molecule has 1 aromatic carbocycles. The highest BCUT2D eigenvalue weighted by molar-refractivity contribution is 7.16. The molecule has 0 spiro atoms. The zero-order valence-electron chi connectivity index (χ0n) is 11.8. The summed E-state index contributed by atoms with van der Waals surface area (Å²) in [7, 11) is 0. The van der Waals surface area contributed by atoms with E-state index in [2.05, 4.69) is 36.1 Å². The van der Waals surface area contributed by atoms with Gasteiger partial charge in [-0.25, -0.2) is 0 Å². The quantitative estimate of drug-likeness (QED) is 0.736. The van der Waals surface area contributed by atoms with Gasteiger partial charge in [-0.3, -0.25) is 0 Å². The fourth-order valence-electron chi connectivity index (χ4n) is 2.05. The summed E-state index contributed by atoms with van der Waals surface area (Å²) in [6, 6.07) is 7.88. The fraction of sp³-hybridized carbons (Fsp3) is 0.357. The first-order chi connectivity index (χ1) is 9.45. The molecule has 0 aliphatic heterocycles. The highest BCUT2D eigenvalue weighted by Gasteiger charge is 2.23. The molecule has 0 bridgehead atoms. The second-order valence-corrected chi connectivity index (χ2v) is 6.88. The van der Waals surface area contributed by atoms with Crippen LogP contribution >= 0.6 is 11.3 Å². The van der Waals surface area contributed by atoms with Crippen LogP contribution in [0.1, 0.15) is 37.2 Å². The Hall–Kier alpha value is -1.95. The van der Waals surface area contributed by atoms with E-state index in [0.717, 1.165) is 33.5 Å². The van der Waals surface area contributed by atoms with E-state index in [0.29, 0.717) is 0 Å².